The van der Waals surface area contributed by atoms with Crippen molar-refractivity contribution in [1.82, 2.24) is 19.8 Å². The summed E-state index contributed by atoms with van der Waals surface area (Å²) >= 11 is 1.25. The van der Waals surface area contributed by atoms with Gasteiger partial charge in [-0.15, -0.1) is 0 Å². The maximum atomic E-state index is 4.21. The lowest BCUT2D eigenvalue weighted by Crippen LogP contribution is -2.05. The highest BCUT2D eigenvalue weighted by Crippen LogP contribution is 2.04. The van der Waals surface area contributed by atoms with E-state index in [2.05, 4.69) is 25.1 Å². The summed E-state index contributed by atoms with van der Waals surface area (Å²) in [6, 6.07) is 5.89. The van der Waals surface area contributed by atoms with Crippen LogP contribution in [0.3, 0.4) is 0 Å². The van der Waals surface area contributed by atoms with E-state index in [1.165, 1.54) is 11.5 Å². The molecule has 0 atom stereocenters. The van der Waals surface area contributed by atoms with Crippen LogP contribution in [0, 0.1) is 0 Å². The Morgan fingerprint density at radius 3 is 3.07 bits per heavy atom. The zero-order valence-electron chi connectivity index (χ0n) is 7.42. The predicted octanol–water partition coefficient (Wildman–Crippen LogP) is 0.983. The normalized spacial score (nSPS) is 10.0. The van der Waals surface area contributed by atoms with Gasteiger partial charge in [0.2, 0.25) is 5.13 Å². The van der Waals surface area contributed by atoms with Crippen LogP contribution in [0.4, 0.5) is 5.13 Å². The van der Waals surface area contributed by atoms with E-state index in [9.17, 15) is 0 Å². The van der Waals surface area contributed by atoms with Gasteiger partial charge in [-0.05, 0) is 17.3 Å². The van der Waals surface area contributed by atoms with Crippen molar-refractivity contribution in [3.8, 4) is 0 Å². The number of anilines is 1. The number of aromatic nitrogens is 4. The summed E-state index contributed by atoms with van der Waals surface area (Å²) in [7, 11) is 0. The largest absolute Gasteiger partial charge is 0.358 e. The molecule has 0 saturated carbocycles. The zero-order valence-corrected chi connectivity index (χ0v) is 8.24. The smallest absolute Gasteiger partial charge is 0.225 e. The topological polar surface area (TPSA) is 63.6 Å². The highest BCUT2D eigenvalue weighted by Gasteiger charge is 1.96. The minimum absolute atomic E-state index is 0.751. The predicted molar refractivity (Wildman–Crippen MR) is 54.1 cm³/mol. The average molecular weight is 207 g/mol. The molecular formula is C8H9N5S. The van der Waals surface area contributed by atoms with Gasteiger partial charge in [-0.25, -0.2) is 0 Å². The summed E-state index contributed by atoms with van der Waals surface area (Å²) in [5, 5.41) is 11.1. The van der Waals surface area contributed by atoms with Gasteiger partial charge in [-0.2, -0.15) is 0 Å². The summed E-state index contributed by atoms with van der Waals surface area (Å²) in [5.41, 5.74) is 1.07. The van der Waals surface area contributed by atoms with Crippen LogP contribution in [0.15, 0.2) is 24.4 Å². The first-order chi connectivity index (χ1) is 6.95. The van der Waals surface area contributed by atoms with E-state index in [-0.39, 0.29) is 0 Å². The van der Waals surface area contributed by atoms with E-state index in [4.69, 9.17) is 0 Å². The second-order valence-electron chi connectivity index (χ2n) is 2.67. The van der Waals surface area contributed by atoms with Gasteiger partial charge in [0.15, 0.2) is 0 Å². The summed E-state index contributed by atoms with van der Waals surface area (Å²) in [6.45, 7) is 0.799. The molecule has 0 aliphatic rings. The van der Waals surface area contributed by atoms with Crippen LogP contribution in [0.25, 0.3) is 0 Å². The second kappa shape index (κ2) is 4.61. The highest BCUT2D eigenvalue weighted by molar-refractivity contribution is 7.09. The average Bonchev–Trinajstić information content (AvgIpc) is 2.72. The monoisotopic (exact) mass is 207 g/mol. The van der Waals surface area contributed by atoms with Crippen LogP contribution in [0.5, 0.6) is 0 Å². The van der Waals surface area contributed by atoms with Gasteiger partial charge >= 0.3 is 0 Å². The van der Waals surface area contributed by atoms with Crippen molar-refractivity contribution in [2.45, 2.75) is 6.42 Å². The number of rotatable bonds is 4. The van der Waals surface area contributed by atoms with Crippen LogP contribution < -0.4 is 5.32 Å². The molecular weight excluding hydrogens is 198 g/mol. The summed E-state index contributed by atoms with van der Waals surface area (Å²) < 4.78 is 3.65. The molecule has 0 aromatic carbocycles. The van der Waals surface area contributed by atoms with Crippen LogP contribution in [0.1, 0.15) is 5.69 Å². The molecule has 0 unspecified atom stereocenters. The quantitative estimate of drug-likeness (QED) is 0.809. The standard InChI is InChI=1S/C8H9N5S/c1-2-5-9-7(3-1)4-6-10-8-11-12-13-14-8/h1-3,5H,4,6H2,(H,10,11,13). The van der Waals surface area contributed by atoms with Gasteiger partial charge < -0.3 is 5.32 Å². The fraction of sp³-hybridized carbons (Fsp3) is 0.250. The molecule has 0 fully saturated rings. The molecule has 0 aliphatic heterocycles. The molecule has 1 N–H and O–H groups in total. The number of nitrogens with zero attached hydrogens (tertiary/aromatic N) is 4. The Morgan fingerprint density at radius 1 is 1.36 bits per heavy atom. The summed E-state index contributed by atoms with van der Waals surface area (Å²) in [6.07, 6.45) is 2.67. The minimum atomic E-state index is 0.751. The number of hydrogen-bond donors (Lipinski definition) is 1. The molecule has 0 saturated heterocycles. The molecule has 0 amide bonds. The molecule has 2 rings (SSSR count). The summed E-state index contributed by atoms with van der Waals surface area (Å²) in [4.78, 5) is 4.21. The highest BCUT2D eigenvalue weighted by atomic mass is 32.1. The fourth-order valence-electron chi connectivity index (χ4n) is 1.05. The van der Waals surface area contributed by atoms with Gasteiger partial charge in [0.25, 0.3) is 0 Å². The minimum Gasteiger partial charge on any atom is -0.358 e. The molecule has 72 valence electrons. The van der Waals surface area contributed by atoms with Crippen molar-refractivity contribution < 1.29 is 0 Å². The fourth-order valence-corrected chi connectivity index (χ4v) is 1.44. The van der Waals surface area contributed by atoms with Crippen LogP contribution in [-0.4, -0.2) is 26.3 Å². The van der Waals surface area contributed by atoms with Crippen molar-refractivity contribution in [1.29, 1.82) is 0 Å². The SMILES string of the molecule is c1ccc(CCNc2nnns2)nc1. The molecule has 2 aromatic heterocycles. The zero-order chi connectivity index (χ0) is 9.64. The lowest BCUT2D eigenvalue weighted by molar-refractivity contribution is 0.927. The summed E-state index contributed by atoms with van der Waals surface area (Å²) in [5.74, 6) is 0. The molecule has 5 nitrogen and oxygen atoms in total. The Bertz CT molecular complexity index is 360. The molecule has 14 heavy (non-hydrogen) atoms. The number of pyridine rings is 1. The van der Waals surface area contributed by atoms with E-state index in [0.29, 0.717) is 0 Å². The third kappa shape index (κ3) is 2.46. The molecule has 2 heterocycles. The Kier molecular flexibility index (Phi) is 2.97. The Balaban J connectivity index is 1.79. The first-order valence-electron chi connectivity index (χ1n) is 4.24. The van der Waals surface area contributed by atoms with Crippen molar-refractivity contribution in [3.63, 3.8) is 0 Å². The number of hydrogen-bond acceptors (Lipinski definition) is 6. The van der Waals surface area contributed by atoms with E-state index in [0.717, 1.165) is 23.8 Å². The van der Waals surface area contributed by atoms with E-state index < -0.39 is 0 Å². The molecule has 2 aromatic rings. The first kappa shape index (κ1) is 9.01. The van der Waals surface area contributed by atoms with E-state index >= 15 is 0 Å². The molecule has 0 bridgehead atoms. The third-order valence-electron chi connectivity index (χ3n) is 1.68. The lowest BCUT2D eigenvalue weighted by atomic mass is 10.3. The molecule has 0 aliphatic carbocycles. The Hall–Kier alpha value is -1.56. The Labute approximate surface area is 85.4 Å². The van der Waals surface area contributed by atoms with Crippen LogP contribution in [0.2, 0.25) is 0 Å². The maximum absolute atomic E-state index is 4.21. The first-order valence-corrected chi connectivity index (χ1v) is 5.01. The van der Waals surface area contributed by atoms with Gasteiger partial charge in [-0.3, -0.25) is 4.98 Å². The van der Waals surface area contributed by atoms with E-state index in [1.807, 2.05) is 18.2 Å². The molecule has 0 radical (unpaired) electrons. The van der Waals surface area contributed by atoms with Gasteiger partial charge in [0.1, 0.15) is 0 Å². The van der Waals surface area contributed by atoms with Crippen molar-refractivity contribution >= 4 is 16.7 Å². The van der Waals surface area contributed by atoms with Gasteiger partial charge in [0, 0.05) is 36.4 Å². The van der Waals surface area contributed by atoms with E-state index in [1.54, 1.807) is 6.20 Å². The van der Waals surface area contributed by atoms with Crippen LogP contribution in [-0.2, 0) is 6.42 Å². The maximum Gasteiger partial charge on any atom is 0.225 e. The molecule has 6 heteroatoms. The second-order valence-corrected chi connectivity index (χ2v) is 3.40. The molecule has 0 spiro atoms. The lowest BCUT2D eigenvalue weighted by Gasteiger charge is -2.00. The third-order valence-corrected chi connectivity index (χ3v) is 2.24. The Morgan fingerprint density at radius 2 is 2.36 bits per heavy atom. The number of nitrogens with one attached hydrogen (secondary N) is 1. The van der Waals surface area contributed by atoms with Crippen molar-refractivity contribution in [2.75, 3.05) is 11.9 Å². The van der Waals surface area contributed by atoms with Gasteiger partial charge in [0.05, 0.1) is 0 Å². The van der Waals surface area contributed by atoms with Crippen molar-refractivity contribution in [3.05, 3.63) is 30.1 Å². The van der Waals surface area contributed by atoms with Crippen molar-refractivity contribution in [2.24, 2.45) is 0 Å². The van der Waals surface area contributed by atoms with Gasteiger partial charge in [-0.1, -0.05) is 15.7 Å². The van der Waals surface area contributed by atoms with Crippen LogP contribution >= 0.6 is 11.5 Å².